The van der Waals surface area contributed by atoms with Crippen LogP contribution in [0.25, 0.3) is 6.08 Å². The number of methoxy groups -OCH3 is 1. The zero-order chi connectivity index (χ0) is 22.4. The molecule has 0 aliphatic carbocycles. The summed E-state index contributed by atoms with van der Waals surface area (Å²) in [7, 11) is 1.55. The number of rotatable bonds is 7. The zero-order valence-corrected chi connectivity index (χ0v) is 19.5. The molecule has 6 nitrogen and oxygen atoms in total. The van der Waals surface area contributed by atoms with E-state index in [4.69, 9.17) is 21.1 Å². The predicted octanol–water partition coefficient (Wildman–Crippen LogP) is 4.63. The van der Waals surface area contributed by atoms with Crippen LogP contribution in [0.5, 0.6) is 11.5 Å². The molecule has 1 fully saturated rings. The first kappa shape index (κ1) is 23.2. The van der Waals surface area contributed by atoms with Gasteiger partial charge in [-0.3, -0.25) is 9.59 Å². The van der Waals surface area contributed by atoms with Gasteiger partial charge in [-0.1, -0.05) is 11.6 Å². The first-order valence-electron chi connectivity index (χ1n) is 10.2. The van der Waals surface area contributed by atoms with Gasteiger partial charge in [0, 0.05) is 36.2 Å². The molecule has 1 N–H and O–H groups in total. The second-order valence-electron chi connectivity index (χ2n) is 7.62. The first-order chi connectivity index (χ1) is 14.9. The number of carbonyl (C=O) groups excluding carboxylic acids is 2. The number of ether oxygens (including phenoxy) is 2. The summed E-state index contributed by atoms with van der Waals surface area (Å²) in [4.78, 5) is 26.6. The number of carbonyl (C=O) groups is 2. The Balaban J connectivity index is 1.56. The van der Waals surface area contributed by atoms with Crippen LogP contribution in [0.3, 0.4) is 0 Å². The number of likely N-dealkylation sites (tertiary alicyclic amines) is 1. The molecule has 0 saturated carbocycles. The number of nitrogens with one attached hydrogen (secondary N) is 1. The molecule has 8 heteroatoms. The summed E-state index contributed by atoms with van der Waals surface area (Å²) >= 11 is 7.85. The van der Waals surface area contributed by atoms with Crippen molar-refractivity contribution in [3.8, 4) is 11.5 Å². The molecule has 166 valence electrons. The maximum atomic E-state index is 12.6. The van der Waals surface area contributed by atoms with Crippen molar-refractivity contribution in [2.75, 3.05) is 20.2 Å². The van der Waals surface area contributed by atoms with Crippen molar-refractivity contribution >= 4 is 40.8 Å². The molecule has 0 radical (unpaired) electrons. The Bertz CT molecular complexity index is 935. The zero-order valence-electron chi connectivity index (χ0n) is 17.9. The maximum absolute atomic E-state index is 12.6. The van der Waals surface area contributed by atoms with E-state index in [1.54, 1.807) is 36.3 Å². The number of thiophene rings is 1. The number of benzene rings is 1. The minimum Gasteiger partial charge on any atom is -0.493 e. The number of amides is 2. The van der Waals surface area contributed by atoms with Gasteiger partial charge in [-0.15, -0.1) is 0 Å². The van der Waals surface area contributed by atoms with Crippen molar-refractivity contribution in [1.29, 1.82) is 0 Å². The third-order valence-corrected chi connectivity index (χ3v) is 5.91. The molecule has 31 heavy (non-hydrogen) atoms. The first-order valence-corrected chi connectivity index (χ1v) is 11.5. The fourth-order valence-electron chi connectivity index (χ4n) is 3.37. The van der Waals surface area contributed by atoms with E-state index < -0.39 is 0 Å². The Morgan fingerprint density at radius 1 is 1.29 bits per heavy atom. The maximum Gasteiger partial charge on any atom is 0.252 e. The second kappa shape index (κ2) is 10.7. The molecule has 3 rings (SSSR count). The van der Waals surface area contributed by atoms with Crippen LogP contribution >= 0.6 is 22.9 Å². The lowest BCUT2D eigenvalue weighted by Gasteiger charge is -2.31. The van der Waals surface area contributed by atoms with Crippen LogP contribution in [0.4, 0.5) is 0 Å². The molecule has 0 bridgehead atoms. The van der Waals surface area contributed by atoms with Gasteiger partial charge in [-0.05, 0) is 61.9 Å². The largest absolute Gasteiger partial charge is 0.493 e. The molecule has 1 aromatic heterocycles. The summed E-state index contributed by atoms with van der Waals surface area (Å²) in [5, 5.41) is 7.20. The van der Waals surface area contributed by atoms with Gasteiger partial charge in [0.25, 0.3) is 5.91 Å². The monoisotopic (exact) mass is 462 g/mol. The van der Waals surface area contributed by atoms with Crippen LogP contribution in [-0.4, -0.2) is 49.1 Å². The highest BCUT2D eigenvalue weighted by Gasteiger charge is 2.23. The minimum absolute atomic E-state index is 0.0349. The van der Waals surface area contributed by atoms with Gasteiger partial charge in [0.15, 0.2) is 11.5 Å². The van der Waals surface area contributed by atoms with Gasteiger partial charge in [-0.2, -0.15) is 11.3 Å². The van der Waals surface area contributed by atoms with Gasteiger partial charge < -0.3 is 19.7 Å². The van der Waals surface area contributed by atoms with Gasteiger partial charge >= 0.3 is 0 Å². The molecule has 2 amide bonds. The normalized spacial score (nSPS) is 14.8. The van der Waals surface area contributed by atoms with Crippen molar-refractivity contribution in [2.45, 2.75) is 38.8 Å². The summed E-state index contributed by atoms with van der Waals surface area (Å²) in [6.07, 6.45) is 4.69. The van der Waals surface area contributed by atoms with E-state index in [9.17, 15) is 9.59 Å². The Morgan fingerprint density at radius 3 is 2.65 bits per heavy atom. The summed E-state index contributed by atoms with van der Waals surface area (Å²) < 4.78 is 11.1. The number of piperidine rings is 1. The Kier molecular flexibility index (Phi) is 7.98. The van der Waals surface area contributed by atoms with Crippen LogP contribution in [0, 0.1) is 0 Å². The highest BCUT2D eigenvalue weighted by Crippen LogP contribution is 2.37. The second-order valence-corrected chi connectivity index (χ2v) is 8.81. The quantitative estimate of drug-likeness (QED) is 0.609. The minimum atomic E-state index is -0.0693. The molecule has 1 aromatic carbocycles. The standard InChI is InChI=1S/C23H27ClN2O4S/c1-15(2)30-22-19(24)12-16(13-20(22)29-3)4-5-21(27)26-9-6-18(7-10-26)25-23(28)17-8-11-31-14-17/h4-5,8,11-15,18H,6-7,9-10H2,1-3H3,(H,25,28)/b5-4+. The summed E-state index contributed by atoms with van der Waals surface area (Å²) in [5.41, 5.74) is 1.44. The van der Waals surface area contributed by atoms with Crippen LogP contribution in [-0.2, 0) is 4.79 Å². The molecule has 2 heterocycles. The van der Waals surface area contributed by atoms with Gasteiger partial charge in [0.1, 0.15) is 0 Å². The molecule has 0 atom stereocenters. The molecular weight excluding hydrogens is 436 g/mol. The molecule has 2 aromatic rings. The van der Waals surface area contributed by atoms with Gasteiger partial charge in [0.05, 0.1) is 18.2 Å². The Hall–Kier alpha value is -2.51. The van der Waals surface area contributed by atoms with Crippen molar-refractivity contribution in [2.24, 2.45) is 0 Å². The number of hydrogen-bond donors (Lipinski definition) is 1. The van der Waals surface area contributed by atoms with Crippen LogP contribution in [0.1, 0.15) is 42.6 Å². The number of nitrogens with zero attached hydrogens (tertiary/aromatic N) is 1. The van der Waals surface area contributed by atoms with Crippen molar-refractivity contribution in [3.63, 3.8) is 0 Å². The van der Waals surface area contributed by atoms with E-state index in [0.29, 0.717) is 35.2 Å². The van der Waals surface area contributed by atoms with E-state index >= 15 is 0 Å². The third kappa shape index (κ3) is 6.24. The lowest BCUT2D eigenvalue weighted by molar-refractivity contribution is -0.126. The summed E-state index contributed by atoms with van der Waals surface area (Å²) in [6.45, 7) is 5.03. The smallest absolute Gasteiger partial charge is 0.252 e. The third-order valence-electron chi connectivity index (χ3n) is 4.95. The van der Waals surface area contributed by atoms with E-state index in [0.717, 1.165) is 18.4 Å². The topological polar surface area (TPSA) is 67.9 Å². The van der Waals surface area contributed by atoms with Crippen LogP contribution in [0.2, 0.25) is 5.02 Å². The number of halogens is 1. The Morgan fingerprint density at radius 2 is 2.03 bits per heavy atom. The summed E-state index contributed by atoms with van der Waals surface area (Å²) in [6, 6.07) is 5.43. The highest BCUT2D eigenvalue weighted by molar-refractivity contribution is 7.08. The number of hydrogen-bond acceptors (Lipinski definition) is 5. The predicted molar refractivity (Wildman–Crippen MR) is 124 cm³/mol. The van der Waals surface area contributed by atoms with E-state index in [2.05, 4.69) is 5.32 Å². The molecule has 0 unspecified atom stereocenters. The lowest BCUT2D eigenvalue weighted by atomic mass is 10.0. The molecule has 0 spiro atoms. The highest BCUT2D eigenvalue weighted by atomic mass is 35.5. The fraction of sp³-hybridized carbons (Fsp3) is 0.391. The lowest BCUT2D eigenvalue weighted by Crippen LogP contribution is -2.46. The van der Waals surface area contributed by atoms with E-state index in [1.165, 1.54) is 11.3 Å². The van der Waals surface area contributed by atoms with Crippen molar-refractivity contribution in [1.82, 2.24) is 10.2 Å². The van der Waals surface area contributed by atoms with Crippen LogP contribution in [0.15, 0.2) is 35.0 Å². The molecule has 1 aliphatic heterocycles. The molecular formula is C23H27ClN2O4S. The van der Waals surface area contributed by atoms with Crippen LogP contribution < -0.4 is 14.8 Å². The SMILES string of the molecule is COc1cc(/C=C/C(=O)N2CCC(NC(=O)c3ccsc3)CC2)cc(Cl)c1OC(C)C. The van der Waals surface area contributed by atoms with Crippen molar-refractivity contribution < 1.29 is 19.1 Å². The molecule has 1 aliphatic rings. The van der Waals surface area contributed by atoms with Crippen molar-refractivity contribution in [3.05, 3.63) is 51.2 Å². The van der Waals surface area contributed by atoms with E-state index in [-0.39, 0.29) is 24.0 Å². The average molecular weight is 463 g/mol. The van der Waals surface area contributed by atoms with E-state index in [1.807, 2.05) is 30.7 Å². The average Bonchev–Trinajstić information content (AvgIpc) is 3.29. The summed E-state index contributed by atoms with van der Waals surface area (Å²) in [5.74, 6) is 0.895. The fourth-order valence-corrected chi connectivity index (χ4v) is 4.27. The molecule has 1 saturated heterocycles. The Labute approximate surface area is 191 Å². The van der Waals surface area contributed by atoms with Gasteiger partial charge in [-0.25, -0.2) is 0 Å². The van der Waals surface area contributed by atoms with Gasteiger partial charge in [0.2, 0.25) is 5.91 Å².